The van der Waals surface area contributed by atoms with E-state index in [0.29, 0.717) is 10.2 Å². The molecule has 0 radical (unpaired) electrons. The van der Waals surface area contributed by atoms with Crippen LogP contribution in [0.1, 0.15) is 5.56 Å². The summed E-state index contributed by atoms with van der Waals surface area (Å²) in [5.74, 6) is 0. The van der Waals surface area contributed by atoms with Gasteiger partial charge in [0.15, 0.2) is 0 Å². The molecule has 1 aromatic heterocycles. The van der Waals surface area contributed by atoms with Crippen molar-refractivity contribution in [3.63, 3.8) is 0 Å². The van der Waals surface area contributed by atoms with Crippen LogP contribution in [0.15, 0.2) is 4.60 Å². The van der Waals surface area contributed by atoms with E-state index < -0.39 is 7.12 Å². The first-order chi connectivity index (χ1) is 5.04. The molecule has 0 aliphatic carbocycles. The summed E-state index contributed by atoms with van der Waals surface area (Å²) in [5, 5.41) is 21.7. The van der Waals surface area contributed by atoms with Gasteiger partial charge in [-0.25, -0.2) is 0 Å². The molecule has 0 saturated heterocycles. The van der Waals surface area contributed by atoms with E-state index in [2.05, 4.69) is 21.0 Å². The van der Waals surface area contributed by atoms with Gasteiger partial charge in [-0.05, 0) is 22.9 Å². The molecule has 60 valence electrons. The van der Waals surface area contributed by atoms with Crippen LogP contribution in [-0.2, 0) is 7.05 Å². The maximum absolute atomic E-state index is 8.87. The molecular formula is C5H8BBrN2O2. The minimum absolute atomic E-state index is 0.414. The molecular weight excluding hydrogens is 211 g/mol. The molecule has 0 bridgehead atoms. The van der Waals surface area contributed by atoms with E-state index >= 15 is 0 Å². The van der Waals surface area contributed by atoms with Crippen LogP contribution >= 0.6 is 15.9 Å². The maximum Gasteiger partial charge on any atom is 0.508 e. The lowest BCUT2D eigenvalue weighted by Crippen LogP contribution is -2.37. The number of halogens is 1. The molecule has 0 aromatic carbocycles. The number of hydrogen-bond donors (Lipinski definition) is 2. The number of nitrogens with zero attached hydrogens (tertiary/aromatic N) is 2. The van der Waals surface area contributed by atoms with E-state index in [9.17, 15) is 0 Å². The maximum atomic E-state index is 8.87. The summed E-state index contributed by atoms with van der Waals surface area (Å²) in [6, 6.07) is 0. The molecule has 0 aliphatic heterocycles. The molecule has 6 heteroatoms. The zero-order chi connectivity index (χ0) is 8.59. The average Bonchev–Trinajstić information content (AvgIpc) is 2.07. The van der Waals surface area contributed by atoms with Crippen molar-refractivity contribution in [2.24, 2.45) is 7.05 Å². The van der Waals surface area contributed by atoms with Gasteiger partial charge in [0.05, 0.1) is 5.59 Å². The smallest absolute Gasteiger partial charge is 0.422 e. The van der Waals surface area contributed by atoms with Crippen molar-refractivity contribution in [1.29, 1.82) is 0 Å². The predicted molar refractivity (Wildman–Crippen MR) is 45.5 cm³/mol. The third-order valence-corrected chi connectivity index (χ3v) is 2.28. The Bertz CT molecular complexity index is 274. The molecule has 2 N–H and O–H groups in total. The zero-order valence-electron chi connectivity index (χ0n) is 6.24. The Hall–Kier alpha value is -0.325. The molecule has 1 aromatic rings. The summed E-state index contributed by atoms with van der Waals surface area (Å²) in [6.07, 6.45) is 0. The zero-order valence-corrected chi connectivity index (χ0v) is 7.83. The van der Waals surface area contributed by atoms with Crippen molar-refractivity contribution in [3.8, 4) is 0 Å². The summed E-state index contributed by atoms with van der Waals surface area (Å²) in [7, 11) is 0.200. The molecule has 1 heterocycles. The molecule has 0 saturated carbocycles. The summed E-state index contributed by atoms with van der Waals surface area (Å²) in [5.41, 5.74) is 1.17. The lowest BCUT2D eigenvalue weighted by molar-refractivity contribution is 0.421. The summed E-state index contributed by atoms with van der Waals surface area (Å²) < 4.78 is 2.08. The minimum atomic E-state index is -1.46. The topological polar surface area (TPSA) is 58.3 Å². The highest BCUT2D eigenvalue weighted by Crippen LogP contribution is 2.09. The molecule has 11 heavy (non-hydrogen) atoms. The van der Waals surface area contributed by atoms with Crippen LogP contribution in [0, 0.1) is 6.92 Å². The minimum Gasteiger partial charge on any atom is -0.422 e. The highest BCUT2D eigenvalue weighted by atomic mass is 79.9. The van der Waals surface area contributed by atoms with E-state index in [1.165, 1.54) is 4.68 Å². The van der Waals surface area contributed by atoms with Crippen molar-refractivity contribution in [3.05, 3.63) is 10.2 Å². The normalized spacial score (nSPS) is 10.3. The van der Waals surface area contributed by atoms with Crippen molar-refractivity contribution in [2.75, 3.05) is 0 Å². The van der Waals surface area contributed by atoms with Gasteiger partial charge in [0.2, 0.25) is 0 Å². The van der Waals surface area contributed by atoms with Crippen LogP contribution in [0.5, 0.6) is 0 Å². The number of rotatable bonds is 1. The fourth-order valence-electron chi connectivity index (χ4n) is 0.970. The fraction of sp³-hybridized carbons (Fsp3) is 0.400. The Balaban J connectivity index is 3.22. The molecule has 0 aliphatic rings. The van der Waals surface area contributed by atoms with Crippen molar-refractivity contribution in [1.82, 2.24) is 9.78 Å². The lowest BCUT2D eigenvalue weighted by atomic mass is 9.83. The van der Waals surface area contributed by atoms with E-state index in [0.717, 1.165) is 5.56 Å². The molecule has 0 spiro atoms. The van der Waals surface area contributed by atoms with Gasteiger partial charge in [0.25, 0.3) is 0 Å². The standard InChI is InChI=1S/C5H8BBrN2O2/c1-3-4(6(10)11)9(2)8-5(3)7/h10-11H,1-2H3. The van der Waals surface area contributed by atoms with Gasteiger partial charge in [0.1, 0.15) is 4.60 Å². The van der Waals surface area contributed by atoms with Crippen LogP contribution in [0.25, 0.3) is 0 Å². The van der Waals surface area contributed by atoms with Crippen LogP contribution in [0.3, 0.4) is 0 Å². The lowest BCUT2D eigenvalue weighted by Gasteiger charge is -1.99. The first-order valence-corrected chi connectivity index (χ1v) is 3.88. The second kappa shape index (κ2) is 2.96. The SMILES string of the molecule is Cc1c(Br)nn(C)c1B(O)O. The average molecular weight is 219 g/mol. The largest absolute Gasteiger partial charge is 0.508 e. The Morgan fingerprint density at radius 3 is 2.27 bits per heavy atom. The fourth-order valence-corrected chi connectivity index (χ4v) is 1.41. The summed E-state index contributed by atoms with van der Waals surface area (Å²) >= 11 is 3.18. The quantitative estimate of drug-likeness (QED) is 0.606. The van der Waals surface area contributed by atoms with Crippen molar-refractivity contribution < 1.29 is 10.0 Å². The van der Waals surface area contributed by atoms with Crippen LogP contribution in [-0.4, -0.2) is 26.9 Å². The van der Waals surface area contributed by atoms with E-state index in [-0.39, 0.29) is 0 Å². The second-order valence-corrected chi connectivity index (χ2v) is 3.05. The van der Waals surface area contributed by atoms with Gasteiger partial charge in [-0.15, -0.1) is 0 Å². The molecule has 1 rings (SSSR count). The molecule has 0 atom stereocenters. The number of hydrogen-bond acceptors (Lipinski definition) is 3. The Morgan fingerprint density at radius 1 is 1.55 bits per heavy atom. The summed E-state index contributed by atoms with van der Waals surface area (Å²) in [6.45, 7) is 1.77. The van der Waals surface area contributed by atoms with Gasteiger partial charge >= 0.3 is 7.12 Å². The van der Waals surface area contributed by atoms with Gasteiger partial charge < -0.3 is 10.0 Å². The van der Waals surface area contributed by atoms with Crippen LogP contribution in [0.4, 0.5) is 0 Å². The Labute approximate surface area is 73.1 Å². The molecule has 0 fully saturated rings. The molecule has 0 amide bonds. The number of aryl methyl sites for hydroxylation is 1. The third-order valence-electron chi connectivity index (χ3n) is 1.52. The van der Waals surface area contributed by atoms with Gasteiger partial charge in [-0.1, -0.05) is 0 Å². The summed E-state index contributed by atoms with van der Waals surface area (Å²) in [4.78, 5) is 0. The van der Waals surface area contributed by atoms with E-state index in [1.54, 1.807) is 14.0 Å². The monoisotopic (exact) mass is 218 g/mol. The van der Waals surface area contributed by atoms with Crippen LogP contribution in [0.2, 0.25) is 0 Å². The van der Waals surface area contributed by atoms with Gasteiger partial charge in [-0.2, -0.15) is 5.10 Å². The molecule has 4 nitrogen and oxygen atoms in total. The van der Waals surface area contributed by atoms with Crippen LogP contribution < -0.4 is 5.59 Å². The molecule has 0 unspecified atom stereocenters. The number of aromatic nitrogens is 2. The van der Waals surface area contributed by atoms with Crippen molar-refractivity contribution in [2.45, 2.75) is 6.92 Å². The first kappa shape index (κ1) is 8.77. The highest BCUT2D eigenvalue weighted by Gasteiger charge is 2.21. The van der Waals surface area contributed by atoms with Gasteiger partial charge in [0, 0.05) is 12.6 Å². The van der Waals surface area contributed by atoms with Gasteiger partial charge in [-0.3, -0.25) is 4.68 Å². The highest BCUT2D eigenvalue weighted by molar-refractivity contribution is 9.10. The third kappa shape index (κ3) is 1.47. The van der Waals surface area contributed by atoms with E-state index in [4.69, 9.17) is 10.0 Å². The Morgan fingerprint density at radius 2 is 2.09 bits per heavy atom. The second-order valence-electron chi connectivity index (χ2n) is 2.30. The Kier molecular flexibility index (Phi) is 2.36. The van der Waals surface area contributed by atoms with E-state index in [1.807, 2.05) is 0 Å². The first-order valence-electron chi connectivity index (χ1n) is 3.09. The predicted octanol–water partition coefficient (Wildman–Crippen LogP) is -0.829. The van der Waals surface area contributed by atoms with Crippen molar-refractivity contribution >= 4 is 28.6 Å².